The summed E-state index contributed by atoms with van der Waals surface area (Å²) in [4.78, 5) is 76.3. The number of benzene rings is 3. The summed E-state index contributed by atoms with van der Waals surface area (Å²) in [5.41, 5.74) is 3.07. The summed E-state index contributed by atoms with van der Waals surface area (Å²) in [6, 6.07) is 11.8. The lowest BCUT2D eigenvalue weighted by molar-refractivity contribution is -0.137. The Morgan fingerprint density at radius 1 is 0.843 bits per heavy atom. The summed E-state index contributed by atoms with van der Waals surface area (Å²) in [5, 5.41) is 4.01. The number of carbonyl (C=O) groups is 4. The van der Waals surface area contributed by atoms with Gasteiger partial charge in [-0.05, 0) is 162 Å². The number of hydrogen-bond donors (Lipinski definition) is 1. The number of hydrogen-bond acceptors (Lipinski definition) is 15. The highest BCUT2D eigenvalue weighted by atomic mass is 19.1. The van der Waals surface area contributed by atoms with Crippen LogP contribution in [0.25, 0.3) is 32.9 Å². The first-order valence-electron chi connectivity index (χ1n) is 30.0. The van der Waals surface area contributed by atoms with Gasteiger partial charge in [0.15, 0.2) is 12.6 Å². The topological polar surface area (TPSA) is 181 Å². The second kappa shape index (κ2) is 21.7. The van der Waals surface area contributed by atoms with Gasteiger partial charge in [0.25, 0.3) is 5.91 Å². The van der Waals surface area contributed by atoms with Gasteiger partial charge in [0, 0.05) is 94.3 Å². The molecule has 8 aliphatic rings. The molecule has 3 aromatic carbocycles. The lowest BCUT2D eigenvalue weighted by Crippen LogP contribution is -2.57. The number of pyridine rings is 1. The Hall–Kier alpha value is -6.77. The number of halogens is 2. The standard InChI is InChI=1S/C63H75F2N9O9/c1-6-45-49(64)12-7-37-26-43(81-36-79-5)27-47(52(37)45)54-53(65)55-48(30-66-54)56(72-32-40-8-9-41(33-72)74(40)60(78)83-61(2,3)4)69-59(68-55)80-35-63(17-18-63)34-70-21-15-42(16-22-70)82-44-28-62(29-44)19-23-71(24-20-62)39-10-11-46-38(25-39)31-73(58(46)77)50-13-14-51(75)67-57(50)76/h7,10-12,25-27,30,40-42,44,50H,6,8-9,13-24,28-29,31-36H2,1-5H3,(H,67,75,76). The average Bonchev–Trinajstić information content (AvgIpc) is 3.57. The zero-order valence-corrected chi connectivity index (χ0v) is 48.3. The molecular formula is C63H75F2N9O9. The van der Waals surface area contributed by atoms with Gasteiger partial charge in [-0.1, -0.05) is 13.0 Å². The number of fused-ring (bicyclic) bond motifs is 5. The maximum atomic E-state index is 17.7. The minimum Gasteiger partial charge on any atom is -0.468 e. The number of aromatic nitrogens is 3. The SMILES string of the molecule is CCc1c(F)ccc2cc(OCOC)cc(-c3ncc4c(N5CC6CCC(C5)N6C(=O)OC(C)(C)C)nc(OCC5(CN6CCC(OC7CC8(CCN(c9ccc%10c(c9)CN(C9CCC(=O)NC9=O)C%10=O)CC8)C7)CC6)CC5)nc4c3F)c12. The van der Waals surface area contributed by atoms with Crippen molar-refractivity contribution in [2.24, 2.45) is 10.8 Å². The van der Waals surface area contributed by atoms with Gasteiger partial charge in [-0.2, -0.15) is 9.97 Å². The Morgan fingerprint density at radius 3 is 2.30 bits per heavy atom. The Kier molecular flexibility index (Phi) is 14.5. The van der Waals surface area contributed by atoms with E-state index in [1.54, 1.807) is 29.3 Å². The van der Waals surface area contributed by atoms with Crippen LogP contribution in [0.2, 0.25) is 0 Å². The van der Waals surface area contributed by atoms with Crippen LogP contribution in [-0.4, -0.2) is 156 Å². The number of piperazine rings is 1. The zero-order chi connectivity index (χ0) is 57.5. The first kappa shape index (κ1) is 55.4. The average molecular weight is 1140 g/mol. The molecular weight excluding hydrogens is 1060 g/mol. The van der Waals surface area contributed by atoms with Gasteiger partial charge in [0.05, 0.1) is 36.3 Å². The highest BCUT2D eigenvalue weighted by Crippen LogP contribution is 2.52. The van der Waals surface area contributed by atoms with Crippen LogP contribution in [0.4, 0.5) is 25.1 Å². The molecule has 18 nitrogen and oxygen atoms in total. The number of likely N-dealkylation sites (tertiary alicyclic amines) is 1. The fourth-order valence-electron chi connectivity index (χ4n) is 14.5. The Bertz CT molecular complexity index is 3370. The molecule has 5 aromatic rings. The van der Waals surface area contributed by atoms with Crippen molar-refractivity contribution >= 4 is 57.0 Å². The molecule has 0 radical (unpaired) electrons. The molecule has 2 saturated carbocycles. The number of methoxy groups -OCH3 is 1. The third-order valence-electron chi connectivity index (χ3n) is 19.1. The third kappa shape index (κ3) is 10.8. The number of nitrogens with zero attached hydrogens (tertiary/aromatic N) is 8. The van der Waals surface area contributed by atoms with Gasteiger partial charge in [-0.15, -0.1) is 0 Å². The maximum Gasteiger partial charge on any atom is 0.410 e. The van der Waals surface area contributed by atoms with Crippen molar-refractivity contribution in [2.45, 2.75) is 154 Å². The van der Waals surface area contributed by atoms with E-state index < -0.39 is 29.2 Å². The third-order valence-corrected chi connectivity index (χ3v) is 19.1. The molecule has 440 valence electrons. The minimum absolute atomic E-state index is 0.00302. The van der Waals surface area contributed by atoms with Crippen molar-refractivity contribution < 1.29 is 51.6 Å². The lowest BCUT2D eigenvalue weighted by Gasteiger charge is -2.53. The van der Waals surface area contributed by atoms with E-state index in [4.69, 9.17) is 38.6 Å². The fourth-order valence-corrected chi connectivity index (χ4v) is 14.5. The van der Waals surface area contributed by atoms with E-state index in [2.05, 4.69) is 26.1 Å². The highest BCUT2D eigenvalue weighted by molar-refractivity contribution is 6.06. The number of carbonyl (C=O) groups excluding carboxylic acids is 4. The normalized spacial score (nSPS) is 23.5. The van der Waals surface area contributed by atoms with Gasteiger partial charge in [-0.25, -0.2) is 13.6 Å². The summed E-state index contributed by atoms with van der Waals surface area (Å²) in [6.45, 7) is 13.7. The molecule has 83 heavy (non-hydrogen) atoms. The Labute approximate surface area is 482 Å². The molecule has 3 unspecified atom stereocenters. The molecule has 13 rings (SSSR count). The largest absolute Gasteiger partial charge is 0.468 e. The molecule has 3 atom stereocenters. The molecule has 6 aliphatic heterocycles. The molecule has 4 amide bonds. The summed E-state index contributed by atoms with van der Waals surface area (Å²) in [5.74, 6) is -1.01. The van der Waals surface area contributed by atoms with Crippen LogP contribution < -0.4 is 24.6 Å². The molecule has 1 spiro atoms. The van der Waals surface area contributed by atoms with Crippen LogP contribution in [0.5, 0.6) is 11.8 Å². The summed E-state index contributed by atoms with van der Waals surface area (Å²) >= 11 is 0. The molecule has 2 aromatic heterocycles. The molecule has 7 fully saturated rings. The fraction of sp³-hybridized carbons (Fsp3) is 0.571. The smallest absolute Gasteiger partial charge is 0.410 e. The van der Waals surface area contributed by atoms with E-state index in [0.29, 0.717) is 88.9 Å². The lowest BCUT2D eigenvalue weighted by atomic mass is 9.61. The minimum atomic E-state index is -0.688. The second-order valence-corrected chi connectivity index (χ2v) is 25.8. The van der Waals surface area contributed by atoms with Crippen molar-refractivity contribution in [1.82, 2.24) is 35.0 Å². The molecule has 1 N–H and O–H groups in total. The van der Waals surface area contributed by atoms with E-state index >= 15 is 8.78 Å². The van der Waals surface area contributed by atoms with Crippen LogP contribution in [-0.2, 0) is 36.8 Å². The van der Waals surface area contributed by atoms with Crippen molar-refractivity contribution in [1.29, 1.82) is 0 Å². The second-order valence-electron chi connectivity index (χ2n) is 25.8. The molecule has 2 aliphatic carbocycles. The van der Waals surface area contributed by atoms with E-state index in [1.165, 1.54) is 13.2 Å². The van der Waals surface area contributed by atoms with Crippen LogP contribution in [0, 0.1) is 22.5 Å². The quantitative estimate of drug-likeness (QED) is 0.0774. The summed E-state index contributed by atoms with van der Waals surface area (Å²) in [7, 11) is 1.52. The first-order chi connectivity index (χ1) is 39.9. The predicted molar refractivity (Wildman–Crippen MR) is 306 cm³/mol. The Balaban J connectivity index is 0.656. The molecule has 2 bridgehead atoms. The van der Waals surface area contributed by atoms with Crippen molar-refractivity contribution in [3.05, 3.63) is 77.0 Å². The maximum absolute atomic E-state index is 17.7. The zero-order valence-electron chi connectivity index (χ0n) is 48.3. The number of imide groups is 1. The van der Waals surface area contributed by atoms with Gasteiger partial charge in [0.2, 0.25) is 11.8 Å². The number of piperidine rings is 3. The van der Waals surface area contributed by atoms with Crippen LogP contribution >= 0.6 is 0 Å². The first-order valence-corrected chi connectivity index (χ1v) is 30.0. The van der Waals surface area contributed by atoms with Gasteiger partial charge >= 0.3 is 12.1 Å². The molecule has 8 heterocycles. The number of rotatable bonds is 15. The van der Waals surface area contributed by atoms with Crippen LogP contribution in [0.3, 0.4) is 0 Å². The van der Waals surface area contributed by atoms with E-state index in [0.717, 1.165) is 108 Å². The predicted octanol–water partition coefficient (Wildman–Crippen LogP) is 9.11. The monoisotopic (exact) mass is 1140 g/mol. The summed E-state index contributed by atoms with van der Waals surface area (Å²) in [6.07, 6.45) is 12.6. The molecule has 5 saturated heterocycles. The van der Waals surface area contributed by atoms with Gasteiger partial charge < -0.3 is 43.3 Å². The van der Waals surface area contributed by atoms with Crippen LogP contribution in [0.15, 0.2) is 48.7 Å². The van der Waals surface area contributed by atoms with Crippen molar-refractivity contribution in [2.75, 3.05) is 76.1 Å². The molecule has 20 heteroatoms. The number of amides is 4. The summed E-state index contributed by atoms with van der Waals surface area (Å²) < 4.78 is 63.6. The van der Waals surface area contributed by atoms with E-state index in [-0.39, 0.29) is 78.0 Å². The Morgan fingerprint density at radius 2 is 1.60 bits per heavy atom. The van der Waals surface area contributed by atoms with Gasteiger partial charge in [-0.3, -0.25) is 29.6 Å². The highest BCUT2D eigenvalue weighted by Gasteiger charge is 2.50. The number of aryl methyl sites for hydroxylation is 1. The van der Waals surface area contributed by atoms with Crippen LogP contribution in [0.1, 0.15) is 126 Å². The number of ether oxygens (including phenoxy) is 5. The van der Waals surface area contributed by atoms with Crippen molar-refractivity contribution in [3.63, 3.8) is 0 Å². The van der Waals surface area contributed by atoms with Crippen molar-refractivity contribution in [3.8, 4) is 23.0 Å². The number of nitrogens with one attached hydrogen (secondary N) is 1. The number of anilines is 2. The van der Waals surface area contributed by atoms with E-state index in [1.807, 2.05) is 44.7 Å². The van der Waals surface area contributed by atoms with Gasteiger partial charge in [0.1, 0.15) is 40.2 Å². The van der Waals surface area contributed by atoms with E-state index in [9.17, 15) is 19.2 Å².